The molecule has 0 amide bonds. The van der Waals surface area contributed by atoms with Gasteiger partial charge < -0.3 is 14.8 Å². The number of pyridine rings is 1. The molecule has 5 heteroatoms. The number of halogens is 1. The first-order valence-electron chi connectivity index (χ1n) is 7.08. The van der Waals surface area contributed by atoms with Gasteiger partial charge in [0.15, 0.2) is 0 Å². The lowest BCUT2D eigenvalue weighted by Crippen LogP contribution is -2.19. The average molecular weight is 301 g/mol. The Morgan fingerprint density at radius 1 is 1.25 bits per heavy atom. The lowest BCUT2D eigenvalue weighted by Gasteiger charge is -2.11. The minimum Gasteiger partial charge on any atom is -0.474 e. The summed E-state index contributed by atoms with van der Waals surface area (Å²) in [4.78, 5) is 4.24. The van der Waals surface area contributed by atoms with E-state index in [4.69, 9.17) is 21.1 Å². The van der Waals surface area contributed by atoms with Gasteiger partial charge in [-0.2, -0.15) is 0 Å². The second kappa shape index (κ2) is 9.16. The van der Waals surface area contributed by atoms with Gasteiger partial charge in [-0.05, 0) is 37.9 Å². The van der Waals surface area contributed by atoms with E-state index in [1.165, 1.54) is 0 Å². The lowest BCUT2D eigenvalue weighted by molar-refractivity contribution is 0.0543. The van der Waals surface area contributed by atoms with Crippen LogP contribution < -0.4 is 10.1 Å². The smallest absolute Gasteiger partial charge is 0.232 e. The second-order valence-corrected chi connectivity index (χ2v) is 5.83. The molecule has 0 aliphatic rings. The molecule has 0 aliphatic carbocycles. The van der Waals surface area contributed by atoms with Crippen LogP contribution in [0.5, 0.6) is 5.88 Å². The number of hydrogen-bond acceptors (Lipinski definition) is 4. The van der Waals surface area contributed by atoms with Crippen LogP contribution in [-0.4, -0.2) is 30.8 Å². The zero-order chi connectivity index (χ0) is 15.0. The van der Waals surface area contributed by atoms with Crippen LogP contribution in [0.25, 0.3) is 0 Å². The molecule has 1 aromatic heterocycles. The highest BCUT2D eigenvalue weighted by Gasteiger charge is 2.05. The maximum Gasteiger partial charge on any atom is 0.232 e. The van der Waals surface area contributed by atoms with Gasteiger partial charge in [0.25, 0.3) is 0 Å². The minimum absolute atomic E-state index is 0.205. The van der Waals surface area contributed by atoms with Gasteiger partial charge >= 0.3 is 0 Å². The first kappa shape index (κ1) is 17.2. The Hall–Kier alpha value is -0.840. The molecule has 0 spiro atoms. The van der Waals surface area contributed by atoms with Crippen LogP contribution in [0.1, 0.15) is 33.3 Å². The molecule has 0 saturated heterocycles. The monoisotopic (exact) mass is 300 g/mol. The van der Waals surface area contributed by atoms with Crippen molar-refractivity contribution in [2.24, 2.45) is 5.92 Å². The number of rotatable bonds is 9. The summed E-state index contributed by atoms with van der Waals surface area (Å²) >= 11 is 6.16. The summed E-state index contributed by atoms with van der Waals surface area (Å²) in [6, 6.07) is 1.89. The van der Waals surface area contributed by atoms with Crippen molar-refractivity contribution in [1.29, 1.82) is 0 Å². The van der Waals surface area contributed by atoms with E-state index in [1.54, 1.807) is 6.20 Å². The molecule has 0 bridgehead atoms. The van der Waals surface area contributed by atoms with Crippen LogP contribution in [-0.2, 0) is 11.3 Å². The Bertz CT molecular complexity index is 397. The van der Waals surface area contributed by atoms with Gasteiger partial charge in [0, 0.05) is 12.7 Å². The van der Waals surface area contributed by atoms with Crippen molar-refractivity contribution in [3.63, 3.8) is 0 Å². The van der Waals surface area contributed by atoms with Crippen molar-refractivity contribution in [2.75, 3.05) is 19.8 Å². The standard InChI is InChI=1S/C15H25ClN2O2/c1-11(2)8-17-9-13-7-14(16)15(18-10-13)20-6-5-19-12(3)4/h7,10-12,17H,5-6,8-9H2,1-4H3. The van der Waals surface area contributed by atoms with Crippen LogP contribution in [0.2, 0.25) is 5.02 Å². The number of nitrogens with zero attached hydrogens (tertiary/aromatic N) is 1. The lowest BCUT2D eigenvalue weighted by atomic mass is 10.2. The van der Waals surface area contributed by atoms with E-state index >= 15 is 0 Å². The van der Waals surface area contributed by atoms with Crippen LogP contribution >= 0.6 is 11.6 Å². The number of nitrogens with one attached hydrogen (secondary N) is 1. The fourth-order valence-electron chi connectivity index (χ4n) is 1.60. The molecule has 0 saturated carbocycles. The molecule has 0 fully saturated rings. The van der Waals surface area contributed by atoms with Gasteiger partial charge in [0.05, 0.1) is 12.7 Å². The Labute approximate surface area is 126 Å². The third-order valence-corrected chi connectivity index (χ3v) is 2.79. The van der Waals surface area contributed by atoms with Crippen LogP contribution in [0, 0.1) is 5.92 Å². The largest absolute Gasteiger partial charge is 0.474 e. The summed E-state index contributed by atoms with van der Waals surface area (Å²) in [5, 5.41) is 3.89. The summed E-state index contributed by atoms with van der Waals surface area (Å²) in [5.41, 5.74) is 1.06. The molecule has 1 aromatic rings. The van der Waals surface area contributed by atoms with Gasteiger partial charge in [-0.15, -0.1) is 0 Å². The Morgan fingerprint density at radius 3 is 2.60 bits per heavy atom. The predicted octanol–water partition coefficient (Wildman–Crippen LogP) is 3.28. The maximum atomic E-state index is 6.16. The Kier molecular flexibility index (Phi) is 7.88. The molecule has 114 valence electrons. The fourth-order valence-corrected chi connectivity index (χ4v) is 1.84. The molecular formula is C15H25ClN2O2. The Balaban J connectivity index is 2.39. The summed E-state index contributed by atoms with van der Waals surface area (Å²) in [5.74, 6) is 1.09. The molecule has 0 aromatic carbocycles. The first-order valence-corrected chi connectivity index (χ1v) is 7.46. The van der Waals surface area contributed by atoms with Gasteiger partial charge in [0.2, 0.25) is 5.88 Å². The highest BCUT2D eigenvalue weighted by atomic mass is 35.5. The predicted molar refractivity (Wildman–Crippen MR) is 82.4 cm³/mol. The summed E-state index contributed by atoms with van der Waals surface area (Å²) in [7, 11) is 0. The third kappa shape index (κ3) is 7.08. The molecule has 0 atom stereocenters. The van der Waals surface area contributed by atoms with Crippen LogP contribution in [0.3, 0.4) is 0 Å². The topological polar surface area (TPSA) is 43.4 Å². The van der Waals surface area contributed by atoms with E-state index in [-0.39, 0.29) is 6.10 Å². The minimum atomic E-state index is 0.205. The van der Waals surface area contributed by atoms with Gasteiger partial charge in [-0.3, -0.25) is 0 Å². The molecular weight excluding hydrogens is 276 g/mol. The highest BCUT2D eigenvalue weighted by Crippen LogP contribution is 2.22. The van der Waals surface area contributed by atoms with Crippen molar-refractivity contribution < 1.29 is 9.47 Å². The normalized spacial score (nSPS) is 11.3. The quantitative estimate of drug-likeness (QED) is 0.711. The molecule has 4 nitrogen and oxygen atoms in total. The summed E-state index contributed by atoms with van der Waals surface area (Å²) in [6.07, 6.45) is 1.99. The third-order valence-electron chi connectivity index (χ3n) is 2.52. The van der Waals surface area contributed by atoms with Crippen LogP contribution in [0.4, 0.5) is 0 Å². The summed E-state index contributed by atoms with van der Waals surface area (Å²) in [6.45, 7) is 11.1. The van der Waals surface area contributed by atoms with E-state index in [9.17, 15) is 0 Å². The summed E-state index contributed by atoms with van der Waals surface area (Å²) < 4.78 is 10.9. The number of aromatic nitrogens is 1. The molecule has 1 rings (SSSR count). The van der Waals surface area contributed by atoms with Gasteiger partial charge in [-0.1, -0.05) is 25.4 Å². The van der Waals surface area contributed by atoms with Gasteiger partial charge in [0.1, 0.15) is 11.6 Å². The molecule has 0 unspecified atom stereocenters. The highest BCUT2D eigenvalue weighted by molar-refractivity contribution is 6.31. The molecule has 1 heterocycles. The molecule has 20 heavy (non-hydrogen) atoms. The van der Waals surface area contributed by atoms with Gasteiger partial charge in [-0.25, -0.2) is 4.98 Å². The Morgan fingerprint density at radius 2 is 2.00 bits per heavy atom. The first-order chi connectivity index (χ1) is 9.49. The molecule has 1 N–H and O–H groups in total. The number of ether oxygens (including phenoxy) is 2. The van der Waals surface area contributed by atoms with Crippen molar-refractivity contribution in [1.82, 2.24) is 10.3 Å². The molecule has 0 aliphatic heterocycles. The van der Waals surface area contributed by atoms with Crippen molar-refractivity contribution in [3.05, 3.63) is 22.8 Å². The zero-order valence-electron chi connectivity index (χ0n) is 12.8. The van der Waals surface area contributed by atoms with E-state index in [2.05, 4.69) is 24.1 Å². The van der Waals surface area contributed by atoms with Crippen molar-refractivity contribution in [3.8, 4) is 5.88 Å². The van der Waals surface area contributed by atoms with Crippen molar-refractivity contribution in [2.45, 2.75) is 40.3 Å². The second-order valence-electron chi connectivity index (χ2n) is 5.42. The van der Waals surface area contributed by atoms with E-state index < -0.39 is 0 Å². The molecule has 0 radical (unpaired) electrons. The van der Waals surface area contributed by atoms with Crippen LogP contribution in [0.15, 0.2) is 12.3 Å². The number of hydrogen-bond donors (Lipinski definition) is 1. The van der Waals surface area contributed by atoms with E-state index in [1.807, 2.05) is 19.9 Å². The van der Waals surface area contributed by atoms with Crippen molar-refractivity contribution >= 4 is 11.6 Å². The zero-order valence-corrected chi connectivity index (χ0v) is 13.5. The SMILES string of the molecule is CC(C)CNCc1cnc(OCCOC(C)C)c(Cl)c1. The van der Waals surface area contributed by atoms with E-state index in [0.29, 0.717) is 30.0 Å². The maximum absolute atomic E-state index is 6.16. The van der Waals surface area contributed by atoms with E-state index in [0.717, 1.165) is 18.7 Å². The fraction of sp³-hybridized carbons (Fsp3) is 0.667. The average Bonchev–Trinajstić information content (AvgIpc) is 2.36.